The van der Waals surface area contributed by atoms with Crippen molar-refractivity contribution in [3.05, 3.63) is 36.5 Å². The van der Waals surface area contributed by atoms with Crippen LogP contribution in [0.2, 0.25) is 0 Å². The highest BCUT2D eigenvalue weighted by atomic mass is 31.2. The predicted molar refractivity (Wildman–Crippen MR) is 228 cm³/mol. The van der Waals surface area contributed by atoms with E-state index in [-0.39, 0.29) is 12.5 Å². The van der Waals surface area contributed by atoms with E-state index in [1.165, 1.54) is 116 Å². The number of phosphoric acid groups is 1. The highest BCUT2D eigenvalue weighted by molar-refractivity contribution is 7.45. The summed E-state index contributed by atoms with van der Waals surface area (Å²) >= 11 is 0. The summed E-state index contributed by atoms with van der Waals surface area (Å²) in [6.07, 6.45) is 45.0. The monoisotopic (exact) mass is 783 g/mol. The van der Waals surface area contributed by atoms with E-state index in [2.05, 4.69) is 43.5 Å². The molecule has 3 unspecified atom stereocenters. The maximum absolute atomic E-state index is 12.8. The number of likely N-dealkylation sites (N-methyl/N-ethyl adjacent to an activating group) is 1. The van der Waals surface area contributed by atoms with Crippen LogP contribution in [0, 0.1) is 0 Å². The second kappa shape index (κ2) is 37.3. The highest BCUT2D eigenvalue weighted by Crippen LogP contribution is 2.38. The number of carbonyl (C=O) groups excluding carboxylic acids is 1. The number of unbranched alkanes of at least 4 members (excludes halogenated alkanes) is 23. The first-order valence-corrected chi connectivity index (χ1v) is 23.8. The van der Waals surface area contributed by atoms with E-state index < -0.39 is 26.6 Å². The molecule has 0 aromatic rings. The van der Waals surface area contributed by atoms with Gasteiger partial charge in [0.25, 0.3) is 7.82 Å². The maximum atomic E-state index is 12.8. The molecule has 0 radical (unpaired) electrons. The third-order valence-electron chi connectivity index (χ3n) is 9.82. The number of carbonyl (C=O) groups is 1. The Balaban J connectivity index is 4.37. The molecule has 0 aliphatic heterocycles. The van der Waals surface area contributed by atoms with Crippen LogP contribution < -0.4 is 10.2 Å². The second-order valence-corrected chi connectivity index (χ2v) is 17.8. The van der Waals surface area contributed by atoms with Gasteiger partial charge in [0.15, 0.2) is 0 Å². The van der Waals surface area contributed by atoms with E-state index in [4.69, 9.17) is 9.05 Å². The molecular weight excluding hydrogens is 695 g/mol. The number of aliphatic hydroxyl groups excluding tert-OH is 1. The van der Waals surface area contributed by atoms with Crippen LogP contribution in [0.1, 0.15) is 194 Å². The van der Waals surface area contributed by atoms with Gasteiger partial charge in [-0.1, -0.05) is 172 Å². The number of hydrogen-bond acceptors (Lipinski definition) is 6. The van der Waals surface area contributed by atoms with Crippen LogP contribution in [0.15, 0.2) is 36.5 Å². The molecule has 318 valence electrons. The first-order valence-electron chi connectivity index (χ1n) is 22.4. The summed E-state index contributed by atoms with van der Waals surface area (Å²) in [5, 5.41) is 13.7. The molecule has 0 heterocycles. The number of aliphatic hydroxyl groups is 1. The minimum Gasteiger partial charge on any atom is -0.756 e. The van der Waals surface area contributed by atoms with E-state index in [1.807, 2.05) is 27.2 Å². The van der Waals surface area contributed by atoms with Crippen molar-refractivity contribution in [3.8, 4) is 0 Å². The Kier molecular flexibility index (Phi) is 36.4. The molecule has 3 atom stereocenters. The summed E-state index contributed by atoms with van der Waals surface area (Å²) in [5.41, 5.74) is 0. The van der Waals surface area contributed by atoms with Crippen LogP contribution in [0.25, 0.3) is 0 Å². The molecule has 0 aliphatic rings. The number of amides is 1. The number of rotatable bonds is 40. The Bertz CT molecular complexity index is 980. The summed E-state index contributed by atoms with van der Waals surface area (Å²) in [4.78, 5) is 25.2. The molecule has 0 bridgehead atoms. The number of quaternary nitrogens is 1. The van der Waals surface area contributed by atoms with Crippen molar-refractivity contribution in [2.45, 2.75) is 206 Å². The van der Waals surface area contributed by atoms with Crippen molar-refractivity contribution in [3.63, 3.8) is 0 Å². The van der Waals surface area contributed by atoms with Gasteiger partial charge in [0.05, 0.1) is 39.9 Å². The van der Waals surface area contributed by atoms with E-state index in [9.17, 15) is 19.4 Å². The molecule has 0 aromatic carbocycles. The number of nitrogens with one attached hydrogen (secondary N) is 1. The maximum Gasteiger partial charge on any atom is 0.268 e. The zero-order valence-corrected chi connectivity index (χ0v) is 36.8. The lowest BCUT2D eigenvalue weighted by molar-refractivity contribution is -0.870. The molecule has 0 rings (SSSR count). The fourth-order valence-electron chi connectivity index (χ4n) is 6.21. The van der Waals surface area contributed by atoms with E-state index in [1.54, 1.807) is 6.08 Å². The van der Waals surface area contributed by atoms with Gasteiger partial charge in [0.1, 0.15) is 13.2 Å². The summed E-state index contributed by atoms with van der Waals surface area (Å²) in [5.74, 6) is -0.223. The van der Waals surface area contributed by atoms with Crippen LogP contribution in [0.3, 0.4) is 0 Å². The van der Waals surface area contributed by atoms with E-state index >= 15 is 0 Å². The fourth-order valence-corrected chi connectivity index (χ4v) is 6.93. The van der Waals surface area contributed by atoms with Crippen LogP contribution >= 0.6 is 7.82 Å². The minimum atomic E-state index is -4.59. The lowest BCUT2D eigenvalue weighted by atomic mass is 10.0. The van der Waals surface area contributed by atoms with Crippen molar-refractivity contribution < 1.29 is 32.9 Å². The lowest BCUT2D eigenvalue weighted by Crippen LogP contribution is -2.45. The quantitative estimate of drug-likeness (QED) is 0.0277. The van der Waals surface area contributed by atoms with Crippen molar-refractivity contribution in [1.29, 1.82) is 0 Å². The zero-order chi connectivity index (χ0) is 40.0. The van der Waals surface area contributed by atoms with Crippen molar-refractivity contribution in [2.24, 2.45) is 0 Å². The third-order valence-corrected chi connectivity index (χ3v) is 10.8. The van der Waals surface area contributed by atoms with E-state index in [0.717, 1.165) is 57.8 Å². The summed E-state index contributed by atoms with van der Waals surface area (Å²) < 4.78 is 23.1. The minimum absolute atomic E-state index is 0.00865. The topological polar surface area (TPSA) is 108 Å². The number of nitrogens with zero attached hydrogens (tertiary/aromatic N) is 1. The smallest absolute Gasteiger partial charge is 0.268 e. The van der Waals surface area contributed by atoms with Gasteiger partial charge in [0.2, 0.25) is 5.91 Å². The average Bonchev–Trinajstić information content (AvgIpc) is 3.12. The largest absolute Gasteiger partial charge is 0.756 e. The Morgan fingerprint density at radius 2 is 1.06 bits per heavy atom. The molecule has 0 spiro atoms. The average molecular weight is 783 g/mol. The van der Waals surface area contributed by atoms with Gasteiger partial charge >= 0.3 is 0 Å². The van der Waals surface area contributed by atoms with Crippen molar-refractivity contribution in [1.82, 2.24) is 5.32 Å². The van der Waals surface area contributed by atoms with Gasteiger partial charge in [-0.3, -0.25) is 9.36 Å². The van der Waals surface area contributed by atoms with Gasteiger partial charge in [-0.15, -0.1) is 0 Å². The molecule has 0 saturated heterocycles. The van der Waals surface area contributed by atoms with Gasteiger partial charge in [-0.2, -0.15) is 0 Å². The Labute approximate surface area is 334 Å². The Morgan fingerprint density at radius 3 is 1.56 bits per heavy atom. The molecule has 54 heavy (non-hydrogen) atoms. The number of hydrogen-bond donors (Lipinski definition) is 2. The second-order valence-electron chi connectivity index (χ2n) is 16.4. The number of phosphoric ester groups is 1. The SMILES string of the molecule is CCCC/C=C\CCCCCCC(=O)NC(COP(=O)([O-])OCC[N+](C)(C)C)C(O)/C=C/CC/C=C/CCCCCCCCCCCCCCCCCC. The molecule has 1 amide bonds. The molecule has 8 nitrogen and oxygen atoms in total. The van der Waals surface area contributed by atoms with Crippen molar-refractivity contribution in [2.75, 3.05) is 40.9 Å². The third kappa shape index (κ3) is 39.0. The van der Waals surface area contributed by atoms with Crippen molar-refractivity contribution >= 4 is 13.7 Å². The number of allylic oxidation sites excluding steroid dienone is 5. The molecule has 0 fully saturated rings. The van der Waals surface area contributed by atoms with Gasteiger partial charge in [-0.25, -0.2) is 0 Å². The Hall–Kier alpha value is -1.28. The van der Waals surface area contributed by atoms with Gasteiger partial charge in [-0.05, 0) is 51.4 Å². The van der Waals surface area contributed by atoms with Crippen LogP contribution in [0.5, 0.6) is 0 Å². The highest BCUT2D eigenvalue weighted by Gasteiger charge is 2.23. The summed E-state index contributed by atoms with van der Waals surface area (Å²) in [7, 11) is 1.23. The molecule has 0 saturated carbocycles. The zero-order valence-electron chi connectivity index (χ0n) is 35.9. The Morgan fingerprint density at radius 1 is 0.630 bits per heavy atom. The lowest BCUT2D eigenvalue weighted by Gasteiger charge is -2.29. The molecule has 9 heteroatoms. The predicted octanol–water partition coefficient (Wildman–Crippen LogP) is 11.7. The standard InChI is InChI=1S/C45H87N2O6P/c1-6-8-10-12-14-16-18-19-20-21-22-23-24-25-26-27-28-29-30-32-34-36-38-44(48)43(42-53-54(50,51)52-41-40-47(3,4)5)46-45(49)39-37-35-33-31-17-15-13-11-9-7-2/h13,15,29-30,36,38,43-44,48H,6-12,14,16-28,31-35,37,39-42H2,1-5H3,(H-,46,49,50,51)/b15-13-,30-29+,38-36+. The van der Waals surface area contributed by atoms with Crippen LogP contribution in [0.4, 0.5) is 0 Å². The molecule has 2 N–H and O–H groups in total. The molecular formula is C45H87N2O6P. The molecule has 0 aromatic heterocycles. The first-order chi connectivity index (χ1) is 26.0. The van der Waals surface area contributed by atoms with Gasteiger partial charge in [0, 0.05) is 6.42 Å². The summed E-state index contributed by atoms with van der Waals surface area (Å²) in [6, 6.07) is -0.906. The van der Waals surface area contributed by atoms with Gasteiger partial charge < -0.3 is 28.8 Å². The fraction of sp³-hybridized carbons (Fsp3) is 0.844. The summed E-state index contributed by atoms with van der Waals surface area (Å²) in [6.45, 7) is 4.56. The van der Waals surface area contributed by atoms with Crippen LogP contribution in [-0.4, -0.2) is 68.5 Å². The van der Waals surface area contributed by atoms with Crippen LogP contribution in [-0.2, 0) is 18.4 Å². The first kappa shape index (κ1) is 52.7. The molecule has 0 aliphatic carbocycles. The van der Waals surface area contributed by atoms with E-state index in [0.29, 0.717) is 17.4 Å². The normalized spacial score (nSPS) is 14.7.